The highest BCUT2D eigenvalue weighted by Gasteiger charge is 2.49. The number of carbonyl (C=O) groups excluding carboxylic acids is 7. The minimum absolute atomic E-state index is 0.0864. The van der Waals surface area contributed by atoms with Gasteiger partial charge in [-0.1, -0.05) is 45.8 Å². The maximum absolute atomic E-state index is 13.0. The number of aromatic nitrogens is 3. The molecule has 69 heavy (non-hydrogen) atoms. The van der Waals surface area contributed by atoms with Crippen molar-refractivity contribution in [2.45, 2.75) is 24.2 Å². The minimum atomic E-state index is -1.60. The predicted molar refractivity (Wildman–Crippen MR) is 249 cm³/mol. The van der Waals surface area contributed by atoms with Crippen LogP contribution in [-0.2, 0) is 27.5 Å². The number of nitrogens with one attached hydrogen (secondary N) is 5. The first-order chi connectivity index (χ1) is 33.1. The Morgan fingerprint density at radius 3 is 1.71 bits per heavy atom. The molecule has 0 spiro atoms. The summed E-state index contributed by atoms with van der Waals surface area (Å²) in [5, 5.41) is 15.3. The molecular formula is C47H38BrN11O10. The molecular weight excluding hydrogens is 958 g/mol. The van der Waals surface area contributed by atoms with Crippen molar-refractivity contribution >= 4 is 69.6 Å². The van der Waals surface area contributed by atoms with Crippen molar-refractivity contribution in [3.8, 4) is 41.4 Å². The molecule has 2 fully saturated rings. The lowest BCUT2D eigenvalue weighted by Crippen LogP contribution is -2.54. The van der Waals surface area contributed by atoms with Crippen molar-refractivity contribution in [2.75, 3.05) is 38.8 Å². The molecule has 5 N–H and O–H groups in total. The molecule has 0 unspecified atom stereocenters. The molecule has 5 aliphatic heterocycles. The number of H-pyrrole nitrogens is 1. The van der Waals surface area contributed by atoms with Gasteiger partial charge in [0, 0.05) is 39.9 Å². The molecule has 348 valence electrons. The van der Waals surface area contributed by atoms with Gasteiger partial charge in [0.15, 0.2) is 5.54 Å². The zero-order valence-electron chi connectivity index (χ0n) is 36.5. The lowest BCUT2D eigenvalue weighted by atomic mass is 9.99. The van der Waals surface area contributed by atoms with Gasteiger partial charge < -0.3 is 29.9 Å². The number of rotatable bonds is 8. The first-order valence-corrected chi connectivity index (χ1v) is 21.4. The van der Waals surface area contributed by atoms with Crippen LogP contribution in [-0.4, -0.2) is 117 Å². The lowest BCUT2D eigenvalue weighted by molar-refractivity contribution is -0.123. The summed E-state index contributed by atoms with van der Waals surface area (Å²) in [4.78, 5) is 105. The number of fused-ring (bicyclic) bond motifs is 2. The number of aliphatic imine (C=N–C) groups is 1. The van der Waals surface area contributed by atoms with E-state index in [0.29, 0.717) is 40.4 Å². The number of anilines is 1. The summed E-state index contributed by atoms with van der Waals surface area (Å²) < 4.78 is 12.7. The van der Waals surface area contributed by atoms with Crippen LogP contribution >= 0.6 is 15.9 Å². The number of carbonyl (C=O) groups is 7. The summed E-state index contributed by atoms with van der Waals surface area (Å²) in [6.45, 7) is 0.515. The van der Waals surface area contributed by atoms with E-state index in [2.05, 4.69) is 70.1 Å². The molecule has 0 aliphatic carbocycles. The Morgan fingerprint density at radius 1 is 0.710 bits per heavy atom. The third-order valence-electron chi connectivity index (χ3n) is 11.3. The Kier molecular flexibility index (Phi) is 12.9. The number of hydrogen-bond donors (Lipinski definition) is 5. The summed E-state index contributed by atoms with van der Waals surface area (Å²) >= 11 is 3.32. The number of terminal acetylenes is 1. The zero-order chi connectivity index (χ0) is 49.0. The Bertz CT molecular complexity index is 3150. The Morgan fingerprint density at radius 2 is 1.25 bits per heavy atom. The molecule has 21 nitrogen and oxygen atoms in total. The molecule has 4 aromatic carbocycles. The Hall–Kier alpha value is -9.02. The molecule has 0 radical (unpaired) electrons. The first kappa shape index (κ1) is 46.5. The molecule has 1 aromatic heterocycles. The number of benzene rings is 4. The third-order valence-corrected chi connectivity index (χ3v) is 11.8. The minimum Gasteiger partial charge on any atom is -0.497 e. The van der Waals surface area contributed by atoms with Crippen molar-refractivity contribution in [1.29, 1.82) is 0 Å². The molecule has 2 saturated heterocycles. The van der Waals surface area contributed by atoms with Gasteiger partial charge in [0.1, 0.15) is 24.4 Å². The van der Waals surface area contributed by atoms with E-state index < -0.39 is 35.0 Å². The highest BCUT2D eigenvalue weighted by Crippen LogP contribution is 2.30. The van der Waals surface area contributed by atoms with E-state index >= 15 is 0 Å². The molecule has 2 atom stereocenters. The largest absolute Gasteiger partial charge is 0.497 e. The fourth-order valence-electron chi connectivity index (χ4n) is 7.71. The number of halogens is 1. The second kappa shape index (κ2) is 19.1. The van der Waals surface area contributed by atoms with Crippen LogP contribution in [0.3, 0.4) is 0 Å². The number of methoxy groups -OCH3 is 2. The number of urea groups is 2. The summed E-state index contributed by atoms with van der Waals surface area (Å²) in [6, 6.07) is 23.3. The quantitative estimate of drug-likeness (QED) is 0.111. The van der Waals surface area contributed by atoms with Crippen molar-refractivity contribution in [2.24, 2.45) is 4.99 Å². The SMILES string of the molecule is C#C[C@]1(CN2Cc3ccc(OC)cc3C2=O)NC(=O)NC1=O.COc1ccc2c(c1)C(=O)N(C[C@@]1(C#Cc3ccc(N4C=NCC4=O)cc3)NC(=O)NC1=O)C2.O=c1[nH]ncn1-c1ccc(Br)cc1. The average Bonchev–Trinajstić information content (AvgIpc) is 4.21. The average molecular weight is 997 g/mol. The van der Waals surface area contributed by atoms with E-state index in [9.17, 15) is 38.4 Å². The van der Waals surface area contributed by atoms with Gasteiger partial charge in [0.25, 0.3) is 29.5 Å². The van der Waals surface area contributed by atoms with Gasteiger partial charge in [0.2, 0.25) is 5.54 Å². The number of amides is 9. The molecule has 9 amide bonds. The van der Waals surface area contributed by atoms with Crippen molar-refractivity contribution < 1.29 is 43.0 Å². The second-order valence-corrected chi connectivity index (χ2v) is 16.6. The molecule has 6 heterocycles. The fourth-order valence-corrected chi connectivity index (χ4v) is 7.98. The van der Waals surface area contributed by atoms with Gasteiger partial charge in [-0.15, -0.1) is 6.42 Å². The van der Waals surface area contributed by atoms with Gasteiger partial charge in [-0.25, -0.2) is 24.0 Å². The summed E-state index contributed by atoms with van der Waals surface area (Å²) in [7, 11) is 3.04. The fraction of sp³-hybridized carbons (Fsp3) is 0.191. The number of hydrogen-bond acceptors (Lipinski definition) is 12. The number of aromatic amines is 1. The zero-order valence-corrected chi connectivity index (χ0v) is 38.1. The van der Waals surface area contributed by atoms with Gasteiger partial charge in [0.05, 0.1) is 39.3 Å². The van der Waals surface area contributed by atoms with Gasteiger partial charge in [-0.3, -0.25) is 44.5 Å². The van der Waals surface area contributed by atoms with Crippen LogP contribution in [0.5, 0.6) is 11.5 Å². The summed E-state index contributed by atoms with van der Waals surface area (Å²) in [5.74, 6) is 7.31. The number of ether oxygens (including phenoxy) is 2. The van der Waals surface area contributed by atoms with Crippen LogP contribution in [0.4, 0.5) is 15.3 Å². The highest BCUT2D eigenvalue weighted by atomic mass is 79.9. The highest BCUT2D eigenvalue weighted by molar-refractivity contribution is 9.10. The third kappa shape index (κ3) is 9.50. The van der Waals surface area contributed by atoms with Crippen LogP contribution in [0.1, 0.15) is 37.4 Å². The van der Waals surface area contributed by atoms with E-state index in [-0.39, 0.29) is 49.6 Å². The first-order valence-electron chi connectivity index (χ1n) is 20.7. The Balaban J connectivity index is 0.000000156. The second-order valence-electron chi connectivity index (χ2n) is 15.7. The van der Waals surface area contributed by atoms with Crippen LogP contribution < -0.4 is 41.3 Å². The van der Waals surface area contributed by atoms with Crippen LogP contribution in [0, 0.1) is 24.2 Å². The number of imide groups is 2. The number of nitrogens with zero attached hydrogens (tertiary/aromatic N) is 6. The molecule has 0 bridgehead atoms. The molecule has 22 heteroatoms. The van der Waals surface area contributed by atoms with E-state index in [1.165, 1.54) is 46.2 Å². The maximum atomic E-state index is 13.0. The predicted octanol–water partition coefficient (Wildman–Crippen LogP) is 1.84. The molecule has 5 aliphatic rings. The Labute approximate surface area is 400 Å². The van der Waals surface area contributed by atoms with Gasteiger partial charge >= 0.3 is 17.8 Å². The standard InChI is InChI=1S/C24H19N5O5.C15H13N3O4.C8H6BrN3O/c1-34-18-7-4-16-12-28(21(31)19(16)10-18)13-24(22(32)26-23(33)27-24)9-8-15-2-5-17(6-3-15)29-14-25-11-20(29)30;1-3-15(13(20)16-14(21)17-15)8-18-7-9-4-5-10(22-2)6-11(9)12(18)19;9-6-1-3-7(4-2-6)12-5-10-11-8(12)13/h2-7,10,14H,11-13H2,1H3,(H2,26,27,32,33);1,4-6H,7-8H2,2H3,(H2,16,17,20,21);1-5H,(H,11,13)/t24-;15-;/m11./s1. The van der Waals surface area contributed by atoms with Crippen LogP contribution in [0.15, 0.2) is 106 Å². The van der Waals surface area contributed by atoms with Gasteiger partial charge in [-0.05, 0) is 83.9 Å². The van der Waals surface area contributed by atoms with Crippen molar-refractivity contribution in [3.05, 3.63) is 134 Å². The van der Waals surface area contributed by atoms with E-state index in [1.54, 1.807) is 60.7 Å². The molecule has 0 saturated carbocycles. The summed E-state index contributed by atoms with van der Waals surface area (Å²) in [5.41, 5.74) is 1.27. The van der Waals surface area contributed by atoms with E-state index in [0.717, 1.165) is 21.3 Å². The summed E-state index contributed by atoms with van der Waals surface area (Å²) in [6.07, 6.45) is 8.33. The normalized spacial score (nSPS) is 19.4. The van der Waals surface area contributed by atoms with E-state index in [1.807, 2.05) is 24.3 Å². The van der Waals surface area contributed by atoms with Crippen LogP contribution in [0.25, 0.3) is 5.69 Å². The smallest absolute Gasteiger partial charge is 0.347 e. The molecule has 10 rings (SSSR count). The monoisotopic (exact) mass is 995 g/mol. The van der Waals surface area contributed by atoms with Crippen molar-refractivity contribution in [1.82, 2.24) is 45.8 Å². The van der Waals surface area contributed by atoms with Crippen LogP contribution in [0.2, 0.25) is 0 Å². The van der Waals surface area contributed by atoms with E-state index in [4.69, 9.17) is 15.9 Å². The maximum Gasteiger partial charge on any atom is 0.347 e. The lowest BCUT2D eigenvalue weighted by Gasteiger charge is -2.26. The topological polar surface area (TPSA) is 259 Å². The van der Waals surface area contributed by atoms with Crippen molar-refractivity contribution in [3.63, 3.8) is 0 Å². The van der Waals surface area contributed by atoms with Gasteiger partial charge in [-0.2, -0.15) is 5.10 Å². The molecule has 5 aromatic rings.